The maximum atomic E-state index is 13.9. The third kappa shape index (κ3) is 17.0. The molecule has 3 aromatic carbocycles. The average Bonchev–Trinajstić information content (AvgIpc) is 1.66. The Morgan fingerprint density at radius 1 is 0.473 bits per heavy atom. The van der Waals surface area contributed by atoms with Crippen molar-refractivity contribution < 1.29 is 81.3 Å². The van der Waals surface area contributed by atoms with E-state index in [-0.39, 0.29) is 88.7 Å². The van der Waals surface area contributed by atoms with Gasteiger partial charge in [0, 0.05) is 43.8 Å². The number of carbonyl (C=O) groups is 3. The molecule has 0 bridgehead atoms. The van der Waals surface area contributed by atoms with Crippen LogP contribution in [0.25, 0.3) is 16.9 Å². The minimum absolute atomic E-state index is 0.00482. The number of aryl methyl sites for hydroxylation is 5. The van der Waals surface area contributed by atoms with Gasteiger partial charge in [-0.2, -0.15) is 0 Å². The smallest absolute Gasteiger partial charge is 0.270 e. The number of aromatic nitrogens is 6. The molecule has 3 atom stereocenters. The van der Waals surface area contributed by atoms with Crippen molar-refractivity contribution in [1.29, 1.82) is 0 Å². The summed E-state index contributed by atoms with van der Waals surface area (Å²) in [6.45, 7) is 8.23. The highest BCUT2D eigenvalue weighted by atomic mass is 19.3. The third-order valence-electron chi connectivity index (χ3n) is 14.0. The van der Waals surface area contributed by atoms with E-state index in [0.29, 0.717) is 28.7 Å². The summed E-state index contributed by atoms with van der Waals surface area (Å²) in [5.74, 6) is -8.08. The van der Waals surface area contributed by atoms with Gasteiger partial charge in [0.2, 0.25) is 0 Å². The number of nitrogens with two attached hydrogens (primary N) is 3. The lowest BCUT2D eigenvalue weighted by atomic mass is 10.1. The van der Waals surface area contributed by atoms with E-state index in [2.05, 4.69) is 30.9 Å². The Hall–Kier alpha value is -9.42. The van der Waals surface area contributed by atoms with Gasteiger partial charge in [0.15, 0.2) is 45.8 Å². The van der Waals surface area contributed by atoms with E-state index in [1.54, 1.807) is 52.2 Å². The summed E-state index contributed by atoms with van der Waals surface area (Å²) in [6.07, 6.45) is 1.42. The highest BCUT2D eigenvalue weighted by Crippen LogP contribution is 2.32. The van der Waals surface area contributed by atoms with E-state index in [1.165, 1.54) is 48.6 Å². The zero-order chi connectivity index (χ0) is 68.6. The van der Waals surface area contributed by atoms with E-state index in [1.807, 2.05) is 0 Å². The number of imidazole rings is 3. The number of amides is 3. The minimum Gasteiger partial charge on any atom is -0.485 e. The van der Waals surface area contributed by atoms with Crippen LogP contribution in [0.15, 0.2) is 85.3 Å². The maximum absolute atomic E-state index is 13.9. The first-order chi connectivity index (χ1) is 43.7. The number of hydrogen-bond donors (Lipinski definition) is 6. The number of pyridine rings is 3. The number of nitrogens with one attached hydrogen (secondary N) is 3. The standard InChI is InChI=1S/C21H21F5N4O2.C21H22F4N4O2.C21H23F3N4O2/c1-11-17(20(31)28-10-21(2,27)9-22)30-7-12(18(25)26)6-16(19(30)29-11)32-8-13-14(23)4-3-5-15(13)24;1-11-6-16(31-8-13-14(23)4-5-15(24)17(13)25)19-28-12(2)18(29(19)7-11)20(30)27-10-21(3,26)9-22;1-12-7-17(30-9-14-15(23)5-4-6-16(14)24)19-27-13(2)18(28(19)8-12)20(29)26-11-21(3,25)10-22/h3-7,18H,8-10,27H2,1-2H3,(H,28,31);4-7H,8-10,26H2,1-3H3,(H,27,30);4-8H,9-11,25H2,1-3H3,(H,26,29). The second kappa shape index (κ2) is 29.5. The van der Waals surface area contributed by atoms with Gasteiger partial charge in [-0.25, -0.2) is 67.6 Å². The molecule has 93 heavy (non-hydrogen) atoms. The second-order valence-electron chi connectivity index (χ2n) is 22.9. The highest BCUT2D eigenvalue weighted by Gasteiger charge is 2.29. The van der Waals surface area contributed by atoms with Gasteiger partial charge in [0.05, 0.1) is 50.4 Å². The van der Waals surface area contributed by atoms with E-state index < -0.39 is 126 Å². The molecule has 0 aliphatic heterocycles. The van der Waals surface area contributed by atoms with Crippen molar-refractivity contribution >= 4 is 34.7 Å². The van der Waals surface area contributed by atoms with Crippen molar-refractivity contribution in [2.45, 2.75) is 98.3 Å². The fourth-order valence-corrected chi connectivity index (χ4v) is 8.95. The zero-order valence-corrected chi connectivity index (χ0v) is 51.4. The van der Waals surface area contributed by atoms with Gasteiger partial charge in [-0.3, -0.25) is 27.6 Å². The summed E-state index contributed by atoms with van der Waals surface area (Å²) in [4.78, 5) is 51.0. The van der Waals surface area contributed by atoms with Crippen LogP contribution in [-0.2, 0) is 19.8 Å². The van der Waals surface area contributed by atoms with Crippen molar-refractivity contribution in [2.24, 2.45) is 17.2 Å². The molecule has 3 amide bonds. The first-order valence-electron chi connectivity index (χ1n) is 28.3. The second-order valence-corrected chi connectivity index (χ2v) is 22.9. The number of nitrogens with zero attached hydrogens (tertiary/aromatic N) is 6. The van der Waals surface area contributed by atoms with Crippen LogP contribution in [0.1, 0.15) is 109 Å². The Kier molecular flexibility index (Phi) is 22.5. The van der Waals surface area contributed by atoms with Crippen molar-refractivity contribution in [3.63, 3.8) is 0 Å². The fourth-order valence-electron chi connectivity index (χ4n) is 8.95. The number of hydrogen-bond acceptors (Lipinski definition) is 12. The molecule has 0 aliphatic rings. The van der Waals surface area contributed by atoms with Gasteiger partial charge in [0.25, 0.3) is 24.1 Å². The molecular weight excluding hydrogens is 1250 g/mol. The van der Waals surface area contributed by atoms with Crippen molar-refractivity contribution in [2.75, 3.05) is 39.7 Å². The lowest BCUT2D eigenvalue weighted by molar-refractivity contribution is 0.0927. The van der Waals surface area contributed by atoms with Gasteiger partial charge in [-0.05, 0) is 121 Å². The molecule has 30 heteroatoms. The molecule has 0 saturated heterocycles. The van der Waals surface area contributed by atoms with Crippen LogP contribution in [0.5, 0.6) is 17.2 Å². The largest absolute Gasteiger partial charge is 0.485 e. The molecule has 9 N–H and O–H groups in total. The first kappa shape index (κ1) is 71.0. The van der Waals surface area contributed by atoms with Crippen LogP contribution >= 0.6 is 0 Å². The lowest BCUT2D eigenvalue weighted by Gasteiger charge is -2.20. The molecule has 18 nitrogen and oxygen atoms in total. The molecule has 0 aliphatic carbocycles. The summed E-state index contributed by atoms with van der Waals surface area (Å²) in [5, 5.41) is 7.65. The number of carbonyl (C=O) groups excluding carboxylic acids is 3. The summed E-state index contributed by atoms with van der Waals surface area (Å²) in [7, 11) is 0. The van der Waals surface area contributed by atoms with Crippen molar-refractivity contribution in [3.8, 4) is 17.2 Å². The van der Waals surface area contributed by atoms with Crippen LogP contribution in [-0.4, -0.2) is 102 Å². The Morgan fingerprint density at radius 3 is 1.11 bits per heavy atom. The monoisotopic (exact) mass is 1310 g/mol. The fraction of sp³-hybridized carbons (Fsp3) is 0.333. The van der Waals surface area contributed by atoms with Crippen molar-refractivity contribution in [3.05, 3.63) is 194 Å². The maximum Gasteiger partial charge on any atom is 0.270 e. The molecule has 498 valence electrons. The molecule has 3 unspecified atom stereocenters. The lowest BCUT2D eigenvalue weighted by Crippen LogP contribution is -2.49. The normalized spacial score (nSPS) is 13.3. The molecule has 9 rings (SSSR count). The number of ether oxygens (including phenoxy) is 3. The Balaban J connectivity index is 0.000000198. The number of alkyl halides is 5. The van der Waals surface area contributed by atoms with Crippen LogP contribution in [0.3, 0.4) is 0 Å². The summed E-state index contributed by atoms with van der Waals surface area (Å²) in [5.41, 5.74) is 15.0. The topological polar surface area (TPSA) is 245 Å². The first-order valence-corrected chi connectivity index (χ1v) is 28.3. The molecule has 0 saturated carbocycles. The van der Waals surface area contributed by atoms with Crippen LogP contribution in [0.2, 0.25) is 0 Å². The average molecular weight is 1320 g/mol. The van der Waals surface area contributed by atoms with E-state index >= 15 is 0 Å². The van der Waals surface area contributed by atoms with Crippen LogP contribution in [0.4, 0.5) is 52.7 Å². The predicted octanol–water partition coefficient (Wildman–Crippen LogP) is 10.4. The zero-order valence-electron chi connectivity index (χ0n) is 51.4. The van der Waals surface area contributed by atoms with Gasteiger partial charge in [0.1, 0.15) is 86.0 Å². The number of rotatable bonds is 22. The minimum atomic E-state index is -2.93. The van der Waals surface area contributed by atoms with E-state index in [0.717, 1.165) is 52.6 Å². The number of fused-ring (bicyclic) bond motifs is 3. The summed E-state index contributed by atoms with van der Waals surface area (Å²) < 4.78 is 183. The van der Waals surface area contributed by atoms with Gasteiger partial charge >= 0.3 is 0 Å². The van der Waals surface area contributed by atoms with Crippen LogP contribution in [0, 0.1) is 75.3 Å². The molecule has 0 fully saturated rings. The third-order valence-corrected chi connectivity index (χ3v) is 14.0. The molecule has 0 radical (unpaired) electrons. The predicted molar refractivity (Wildman–Crippen MR) is 319 cm³/mol. The molecule has 6 heterocycles. The Bertz CT molecular complexity index is 4190. The van der Waals surface area contributed by atoms with Crippen molar-refractivity contribution in [1.82, 2.24) is 44.1 Å². The number of halogens is 12. The number of benzene rings is 3. The SMILES string of the molecule is Cc1cc(OCc2c(F)ccc(F)c2F)c2nc(C)c(C(=O)NCC(C)(N)CF)n2c1.Cc1cc(OCc2c(F)cccc2F)c2nc(C)c(C(=O)NCC(C)(N)CF)n2c1.Cc1nc2c(OCc3c(F)cccc3F)cc(C(F)F)cn2c1C(=O)NCC(C)(N)CF. The molecule has 6 aromatic heterocycles. The highest BCUT2D eigenvalue weighted by molar-refractivity contribution is 5.96. The summed E-state index contributed by atoms with van der Waals surface area (Å²) in [6, 6.07) is 12.6. The Labute approximate surface area is 524 Å². The van der Waals surface area contributed by atoms with E-state index in [9.17, 15) is 67.1 Å². The molecule has 0 spiro atoms. The van der Waals surface area contributed by atoms with Gasteiger partial charge in [-0.15, -0.1) is 0 Å². The van der Waals surface area contributed by atoms with Gasteiger partial charge < -0.3 is 47.4 Å². The van der Waals surface area contributed by atoms with Gasteiger partial charge in [-0.1, -0.05) is 12.1 Å². The van der Waals surface area contributed by atoms with Crippen LogP contribution < -0.4 is 47.4 Å². The summed E-state index contributed by atoms with van der Waals surface area (Å²) >= 11 is 0. The van der Waals surface area contributed by atoms with E-state index in [4.69, 9.17) is 31.4 Å². The molecule has 9 aromatic rings. The Morgan fingerprint density at radius 2 is 0.774 bits per heavy atom. The molecular formula is C63H66F12N12O6. The quantitative estimate of drug-likeness (QED) is 0.0274.